The second-order valence-corrected chi connectivity index (χ2v) is 7.08. The minimum Gasteiger partial charge on any atom is -0.462 e. The van der Waals surface area contributed by atoms with Crippen LogP contribution in [-0.4, -0.2) is 41.5 Å². The highest BCUT2D eigenvalue weighted by atomic mass is 16.5. The average molecular weight is 382 g/mol. The summed E-state index contributed by atoms with van der Waals surface area (Å²) in [7, 11) is 0. The highest BCUT2D eigenvalue weighted by Crippen LogP contribution is 2.22. The number of hydrogen-bond donors (Lipinski definition) is 1. The van der Waals surface area contributed by atoms with E-state index in [0.717, 1.165) is 31.6 Å². The van der Waals surface area contributed by atoms with E-state index in [1.807, 2.05) is 6.92 Å². The minimum atomic E-state index is -0.472. The number of carbonyl (C=O) groups is 2. The molecule has 28 heavy (non-hydrogen) atoms. The van der Waals surface area contributed by atoms with Crippen LogP contribution in [0.2, 0.25) is 0 Å². The number of rotatable bonds is 5. The number of nitrogens with zero attached hydrogens (tertiary/aromatic N) is 3. The lowest BCUT2D eigenvalue weighted by Crippen LogP contribution is -2.34. The molecule has 0 atom stereocenters. The number of ether oxygens (including phenoxy) is 1. The van der Waals surface area contributed by atoms with E-state index in [1.165, 1.54) is 0 Å². The molecule has 7 nitrogen and oxygen atoms in total. The zero-order chi connectivity index (χ0) is 20.1. The van der Waals surface area contributed by atoms with E-state index in [9.17, 15) is 9.59 Å². The first-order valence-corrected chi connectivity index (χ1v) is 9.66. The minimum absolute atomic E-state index is 0.268. The molecule has 0 unspecified atom stereocenters. The molecule has 1 aromatic carbocycles. The molecule has 0 saturated carbocycles. The topological polar surface area (TPSA) is 84.4 Å². The Morgan fingerprint density at radius 3 is 2.64 bits per heavy atom. The van der Waals surface area contributed by atoms with Gasteiger partial charge in [0.2, 0.25) is 5.95 Å². The lowest BCUT2D eigenvalue weighted by Gasteiger charge is -2.30. The zero-order valence-electron chi connectivity index (χ0n) is 16.6. The van der Waals surface area contributed by atoms with Crippen LogP contribution in [0.15, 0.2) is 30.3 Å². The second-order valence-electron chi connectivity index (χ2n) is 7.08. The number of para-hydroxylation sites is 1. The smallest absolute Gasteiger partial charge is 0.340 e. The molecule has 1 N–H and O–H groups in total. The number of aromatic nitrogens is 2. The first-order chi connectivity index (χ1) is 13.5. The molecule has 0 aliphatic carbocycles. The summed E-state index contributed by atoms with van der Waals surface area (Å²) in [6, 6.07) is 8.43. The fraction of sp³-hybridized carbons (Fsp3) is 0.429. The summed E-state index contributed by atoms with van der Waals surface area (Å²) in [5.41, 5.74) is 1.72. The summed E-state index contributed by atoms with van der Waals surface area (Å²) in [5.74, 6) is 0.424. The first kappa shape index (κ1) is 19.8. The van der Waals surface area contributed by atoms with Crippen molar-refractivity contribution in [1.29, 1.82) is 0 Å². The maximum absolute atomic E-state index is 12.8. The predicted molar refractivity (Wildman–Crippen MR) is 108 cm³/mol. The van der Waals surface area contributed by atoms with Crippen molar-refractivity contribution in [2.45, 2.75) is 33.6 Å². The van der Waals surface area contributed by atoms with Crippen molar-refractivity contribution < 1.29 is 14.3 Å². The Balaban J connectivity index is 1.81. The summed E-state index contributed by atoms with van der Waals surface area (Å²) in [6.07, 6.45) is 2.18. The number of hydrogen-bond acceptors (Lipinski definition) is 6. The van der Waals surface area contributed by atoms with Gasteiger partial charge >= 0.3 is 5.97 Å². The van der Waals surface area contributed by atoms with Crippen molar-refractivity contribution in [2.75, 3.05) is 29.9 Å². The van der Waals surface area contributed by atoms with E-state index in [4.69, 9.17) is 4.74 Å². The van der Waals surface area contributed by atoms with E-state index in [2.05, 4.69) is 27.1 Å². The van der Waals surface area contributed by atoms with E-state index >= 15 is 0 Å². The van der Waals surface area contributed by atoms with Gasteiger partial charge in [-0.3, -0.25) is 4.79 Å². The number of benzene rings is 1. The van der Waals surface area contributed by atoms with Gasteiger partial charge in [0.05, 0.1) is 17.9 Å². The highest BCUT2D eigenvalue weighted by Gasteiger charge is 2.21. The summed E-state index contributed by atoms with van der Waals surface area (Å²) in [4.78, 5) is 36.0. The Morgan fingerprint density at radius 2 is 1.93 bits per heavy atom. The van der Waals surface area contributed by atoms with Crippen LogP contribution in [0.4, 0.5) is 11.6 Å². The quantitative estimate of drug-likeness (QED) is 0.798. The third-order valence-electron chi connectivity index (χ3n) is 4.81. The summed E-state index contributed by atoms with van der Waals surface area (Å²) < 4.78 is 5.06. The number of piperidine rings is 1. The Bertz CT molecular complexity index is 860. The first-order valence-electron chi connectivity index (χ1n) is 9.66. The molecule has 1 aliphatic heterocycles. The van der Waals surface area contributed by atoms with Crippen molar-refractivity contribution >= 4 is 23.5 Å². The summed E-state index contributed by atoms with van der Waals surface area (Å²) >= 11 is 0. The van der Waals surface area contributed by atoms with Gasteiger partial charge in [0, 0.05) is 18.8 Å². The van der Waals surface area contributed by atoms with E-state index in [-0.39, 0.29) is 18.2 Å². The Labute approximate surface area is 165 Å². The van der Waals surface area contributed by atoms with Gasteiger partial charge in [0.25, 0.3) is 5.91 Å². The molecule has 1 amide bonds. The van der Waals surface area contributed by atoms with Gasteiger partial charge < -0.3 is 15.0 Å². The lowest BCUT2D eigenvalue weighted by molar-refractivity contribution is 0.0527. The largest absolute Gasteiger partial charge is 0.462 e. The molecule has 0 radical (unpaired) electrons. The van der Waals surface area contributed by atoms with Crippen LogP contribution in [0.3, 0.4) is 0 Å². The van der Waals surface area contributed by atoms with Gasteiger partial charge in [0.15, 0.2) is 0 Å². The van der Waals surface area contributed by atoms with Crippen molar-refractivity contribution in [2.24, 2.45) is 5.92 Å². The van der Waals surface area contributed by atoms with Crippen LogP contribution in [0.1, 0.15) is 53.2 Å². The molecule has 1 saturated heterocycles. The Hall–Kier alpha value is -2.96. The van der Waals surface area contributed by atoms with Crippen molar-refractivity contribution in [3.63, 3.8) is 0 Å². The number of amides is 1. The molecular weight excluding hydrogens is 356 g/mol. The molecule has 0 spiro atoms. The molecule has 7 heteroatoms. The van der Waals surface area contributed by atoms with E-state index < -0.39 is 5.97 Å². The van der Waals surface area contributed by atoms with Gasteiger partial charge in [-0.05, 0) is 50.8 Å². The van der Waals surface area contributed by atoms with Gasteiger partial charge in [0.1, 0.15) is 5.69 Å². The standard InChI is InChI=1S/C21H26N4O3/c1-4-28-20(27)16-7-5-6-8-17(16)23-19(26)18-13-15(3)22-21(24-18)25-11-9-14(2)10-12-25/h5-8,13-14H,4,9-12H2,1-3H3,(H,23,26). The van der Waals surface area contributed by atoms with Crippen LogP contribution in [0.25, 0.3) is 0 Å². The summed E-state index contributed by atoms with van der Waals surface area (Å²) in [6.45, 7) is 7.87. The predicted octanol–water partition coefficient (Wildman–Crippen LogP) is 3.45. The van der Waals surface area contributed by atoms with Crippen LogP contribution in [-0.2, 0) is 4.74 Å². The normalized spacial score (nSPS) is 14.6. The lowest BCUT2D eigenvalue weighted by atomic mass is 10.00. The van der Waals surface area contributed by atoms with Crippen molar-refractivity contribution in [3.8, 4) is 0 Å². The van der Waals surface area contributed by atoms with Gasteiger partial charge in [-0.15, -0.1) is 0 Å². The maximum Gasteiger partial charge on any atom is 0.340 e. The van der Waals surface area contributed by atoms with Crippen LogP contribution < -0.4 is 10.2 Å². The monoisotopic (exact) mass is 382 g/mol. The third kappa shape index (κ3) is 4.65. The number of nitrogens with one attached hydrogen (secondary N) is 1. The number of carbonyl (C=O) groups excluding carboxylic acids is 2. The molecule has 3 rings (SSSR count). The fourth-order valence-corrected chi connectivity index (χ4v) is 3.18. The van der Waals surface area contributed by atoms with E-state index in [1.54, 1.807) is 37.3 Å². The molecule has 1 aliphatic rings. The van der Waals surface area contributed by atoms with Crippen LogP contribution >= 0.6 is 0 Å². The maximum atomic E-state index is 12.8. The van der Waals surface area contributed by atoms with E-state index in [0.29, 0.717) is 23.1 Å². The van der Waals surface area contributed by atoms with Crippen molar-refractivity contribution in [1.82, 2.24) is 9.97 Å². The van der Waals surface area contributed by atoms with Crippen molar-refractivity contribution in [3.05, 3.63) is 47.3 Å². The number of aryl methyl sites for hydroxylation is 1. The van der Waals surface area contributed by atoms with Gasteiger partial charge in [-0.1, -0.05) is 19.1 Å². The van der Waals surface area contributed by atoms with Crippen LogP contribution in [0, 0.1) is 12.8 Å². The fourth-order valence-electron chi connectivity index (χ4n) is 3.18. The highest BCUT2D eigenvalue weighted by molar-refractivity contribution is 6.07. The van der Waals surface area contributed by atoms with Gasteiger partial charge in [-0.2, -0.15) is 0 Å². The molecule has 1 fully saturated rings. The molecule has 1 aromatic heterocycles. The average Bonchev–Trinajstić information content (AvgIpc) is 2.68. The Morgan fingerprint density at radius 1 is 1.21 bits per heavy atom. The number of anilines is 2. The second kappa shape index (κ2) is 8.82. The number of esters is 1. The molecule has 2 heterocycles. The Kier molecular flexibility index (Phi) is 6.23. The molecular formula is C21H26N4O3. The zero-order valence-corrected chi connectivity index (χ0v) is 16.6. The summed E-state index contributed by atoms with van der Waals surface area (Å²) in [5, 5.41) is 2.78. The third-order valence-corrected chi connectivity index (χ3v) is 4.81. The molecule has 2 aromatic rings. The molecule has 148 valence electrons. The SMILES string of the molecule is CCOC(=O)c1ccccc1NC(=O)c1cc(C)nc(N2CCC(C)CC2)n1. The molecule has 0 bridgehead atoms. The van der Waals surface area contributed by atoms with Gasteiger partial charge in [-0.25, -0.2) is 14.8 Å². The van der Waals surface area contributed by atoms with Crippen LogP contribution in [0.5, 0.6) is 0 Å².